The molecule has 0 heterocycles. The molecule has 4 N–H and O–H groups in total. The predicted molar refractivity (Wildman–Crippen MR) is 121 cm³/mol. The number of carbonyl (C=O) groups is 1. The van der Waals surface area contributed by atoms with E-state index in [0.29, 0.717) is 18.3 Å². The monoisotopic (exact) mass is 431 g/mol. The molecule has 1 fully saturated rings. The summed E-state index contributed by atoms with van der Waals surface area (Å²) in [5, 5.41) is 6.63. The fourth-order valence-corrected chi connectivity index (χ4v) is 3.80. The van der Waals surface area contributed by atoms with Gasteiger partial charge in [0.2, 0.25) is 0 Å². The van der Waals surface area contributed by atoms with Gasteiger partial charge in [-0.25, -0.2) is 10.3 Å². The molecule has 2 atom stereocenters. The Bertz CT molecular complexity index is 749. The second-order valence-corrected chi connectivity index (χ2v) is 9.25. The highest BCUT2D eigenvalue weighted by atomic mass is 16.6. The SMILES string of the molecule is COC(C(N)=NC1CCC(CNC(=O)OC(C)(C)C)CC1)C(N=N)c1ccc(C)cc1. The van der Waals surface area contributed by atoms with Crippen LogP contribution >= 0.6 is 0 Å². The van der Waals surface area contributed by atoms with Crippen LogP contribution in [0, 0.1) is 18.4 Å². The molecule has 1 aromatic rings. The Morgan fingerprint density at radius 2 is 1.84 bits per heavy atom. The maximum atomic E-state index is 11.8. The van der Waals surface area contributed by atoms with E-state index in [4.69, 9.17) is 25.7 Å². The quantitative estimate of drug-likeness (QED) is 0.318. The molecule has 1 saturated carbocycles. The maximum Gasteiger partial charge on any atom is 0.407 e. The number of rotatable bonds is 8. The Morgan fingerprint density at radius 3 is 2.35 bits per heavy atom. The number of amides is 1. The Hall–Kier alpha value is -2.48. The summed E-state index contributed by atoms with van der Waals surface area (Å²) < 4.78 is 10.9. The summed E-state index contributed by atoms with van der Waals surface area (Å²) >= 11 is 0. The van der Waals surface area contributed by atoms with Gasteiger partial charge < -0.3 is 20.5 Å². The third-order valence-corrected chi connectivity index (χ3v) is 5.47. The summed E-state index contributed by atoms with van der Waals surface area (Å²) in [4.78, 5) is 16.5. The molecule has 8 nitrogen and oxygen atoms in total. The van der Waals surface area contributed by atoms with Crippen LogP contribution in [0.3, 0.4) is 0 Å². The smallest absolute Gasteiger partial charge is 0.407 e. The molecule has 1 aromatic carbocycles. The number of ether oxygens (including phenoxy) is 2. The molecule has 0 bridgehead atoms. The number of nitrogens with one attached hydrogen (secondary N) is 2. The van der Waals surface area contributed by atoms with Crippen LogP contribution in [0.2, 0.25) is 0 Å². The number of hydrogen-bond acceptors (Lipinski definition) is 6. The van der Waals surface area contributed by atoms with E-state index in [0.717, 1.165) is 36.8 Å². The zero-order valence-electron chi connectivity index (χ0n) is 19.4. The van der Waals surface area contributed by atoms with Gasteiger partial charge in [0.1, 0.15) is 23.6 Å². The molecule has 2 rings (SSSR count). The van der Waals surface area contributed by atoms with Gasteiger partial charge in [0, 0.05) is 13.7 Å². The Labute approximate surface area is 185 Å². The summed E-state index contributed by atoms with van der Waals surface area (Å²) in [6, 6.07) is 7.45. The second kappa shape index (κ2) is 11.2. The average Bonchev–Trinajstić information content (AvgIpc) is 2.71. The normalized spacial score (nSPS) is 21.8. The standard InChI is InChI=1S/C23H37N5O3/c1-15-6-10-17(11-7-15)19(28-25)20(30-5)21(24)27-18-12-8-16(9-13-18)14-26-22(29)31-23(2,3)4/h6-7,10-11,16,18-20,25H,8-9,12-14H2,1-5H3,(H2,24,27)(H,26,29). The minimum Gasteiger partial charge on any atom is -0.444 e. The third-order valence-electron chi connectivity index (χ3n) is 5.47. The van der Waals surface area contributed by atoms with Gasteiger partial charge in [-0.05, 0) is 64.9 Å². The van der Waals surface area contributed by atoms with Gasteiger partial charge >= 0.3 is 6.09 Å². The number of methoxy groups -OCH3 is 1. The van der Waals surface area contributed by atoms with E-state index in [1.54, 1.807) is 7.11 Å². The lowest BCUT2D eigenvalue weighted by atomic mass is 9.86. The van der Waals surface area contributed by atoms with Crippen molar-refractivity contribution in [2.45, 2.75) is 77.2 Å². The van der Waals surface area contributed by atoms with Crippen molar-refractivity contribution in [1.82, 2.24) is 5.32 Å². The summed E-state index contributed by atoms with van der Waals surface area (Å²) in [5.41, 5.74) is 15.5. The van der Waals surface area contributed by atoms with Gasteiger partial charge in [-0.1, -0.05) is 29.8 Å². The fraction of sp³-hybridized carbons (Fsp3) is 0.652. The van der Waals surface area contributed by atoms with Crippen molar-refractivity contribution in [1.29, 1.82) is 5.53 Å². The van der Waals surface area contributed by atoms with Crippen molar-refractivity contribution in [3.05, 3.63) is 35.4 Å². The van der Waals surface area contributed by atoms with E-state index in [9.17, 15) is 4.79 Å². The van der Waals surface area contributed by atoms with Crippen LogP contribution in [0.5, 0.6) is 0 Å². The molecule has 0 radical (unpaired) electrons. The van der Waals surface area contributed by atoms with Gasteiger partial charge in [0.05, 0.1) is 6.04 Å². The molecule has 1 amide bonds. The van der Waals surface area contributed by atoms with Gasteiger partial charge in [-0.2, -0.15) is 5.11 Å². The van der Waals surface area contributed by atoms with Gasteiger partial charge in [-0.3, -0.25) is 4.99 Å². The fourth-order valence-electron chi connectivity index (χ4n) is 3.80. The Kier molecular flexibility index (Phi) is 8.98. The van der Waals surface area contributed by atoms with Crippen LogP contribution in [0.15, 0.2) is 34.4 Å². The lowest BCUT2D eigenvalue weighted by Gasteiger charge is -2.28. The summed E-state index contributed by atoms with van der Waals surface area (Å²) in [6.45, 7) is 8.18. The van der Waals surface area contributed by atoms with Crippen molar-refractivity contribution in [3.63, 3.8) is 0 Å². The lowest BCUT2D eigenvalue weighted by molar-refractivity contribution is 0.0515. The van der Waals surface area contributed by atoms with Gasteiger partial charge in [0.25, 0.3) is 0 Å². The van der Waals surface area contributed by atoms with Crippen LogP contribution in [0.4, 0.5) is 4.79 Å². The highest BCUT2D eigenvalue weighted by molar-refractivity contribution is 5.86. The van der Waals surface area contributed by atoms with Crippen LogP contribution < -0.4 is 11.1 Å². The number of carbonyl (C=O) groups excluding carboxylic acids is 1. The topological polar surface area (TPSA) is 122 Å². The minimum absolute atomic E-state index is 0.111. The number of alkyl carbamates (subject to hydrolysis) is 1. The minimum atomic E-state index is -0.577. The van der Waals surface area contributed by atoms with Crippen molar-refractivity contribution < 1.29 is 14.3 Å². The highest BCUT2D eigenvalue weighted by Crippen LogP contribution is 2.28. The number of nitrogens with zero attached hydrogens (tertiary/aromatic N) is 2. The maximum absolute atomic E-state index is 11.8. The molecule has 8 heteroatoms. The zero-order valence-corrected chi connectivity index (χ0v) is 19.4. The third kappa shape index (κ3) is 7.94. The van der Waals surface area contributed by atoms with E-state index in [1.165, 1.54) is 0 Å². The van der Waals surface area contributed by atoms with Gasteiger partial charge in [-0.15, -0.1) is 0 Å². The summed E-state index contributed by atoms with van der Waals surface area (Å²) in [6.07, 6.45) is 2.75. The molecular weight excluding hydrogens is 394 g/mol. The predicted octanol–water partition coefficient (Wildman–Crippen LogP) is 4.52. The first kappa shape index (κ1) is 24.8. The summed E-state index contributed by atoms with van der Waals surface area (Å²) in [7, 11) is 1.57. The molecule has 0 aromatic heterocycles. The number of amidine groups is 1. The number of aliphatic imine (C=N–C) groups is 1. The molecule has 0 aliphatic heterocycles. The van der Waals surface area contributed by atoms with Crippen LogP contribution in [-0.2, 0) is 9.47 Å². The van der Waals surface area contributed by atoms with E-state index in [1.807, 2.05) is 52.0 Å². The number of benzene rings is 1. The van der Waals surface area contributed by atoms with E-state index in [-0.39, 0.29) is 12.1 Å². The van der Waals surface area contributed by atoms with Crippen molar-refractivity contribution >= 4 is 11.9 Å². The van der Waals surface area contributed by atoms with E-state index >= 15 is 0 Å². The van der Waals surface area contributed by atoms with Crippen LogP contribution in [-0.4, -0.2) is 43.3 Å². The first-order valence-electron chi connectivity index (χ1n) is 10.9. The van der Waals surface area contributed by atoms with Gasteiger partial charge in [0.15, 0.2) is 0 Å². The Balaban J connectivity index is 1.91. The second-order valence-electron chi connectivity index (χ2n) is 9.25. The number of hydrogen-bond donors (Lipinski definition) is 3. The lowest BCUT2D eigenvalue weighted by Crippen LogP contribution is -2.38. The molecule has 31 heavy (non-hydrogen) atoms. The first-order valence-corrected chi connectivity index (χ1v) is 10.9. The molecule has 2 unspecified atom stereocenters. The first-order chi connectivity index (χ1) is 14.6. The number of aryl methyl sites for hydroxylation is 1. The molecule has 1 aliphatic carbocycles. The van der Waals surface area contributed by atoms with Crippen LogP contribution in [0.25, 0.3) is 0 Å². The average molecular weight is 432 g/mol. The zero-order chi connectivity index (χ0) is 23.0. The number of nitrogens with two attached hydrogens (primary N) is 1. The molecule has 0 spiro atoms. The largest absolute Gasteiger partial charge is 0.444 e. The van der Waals surface area contributed by atoms with E-state index < -0.39 is 17.7 Å². The van der Waals surface area contributed by atoms with Crippen molar-refractivity contribution in [3.8, 4) is 0 Å². The van der Waals surface area contributed by atoms with Crippen molar-refractivity contribution in [2.75, 3.05) is 13.7 Å². The molecule has 0 saturated heterocycles. The molecule has 172 valence electrons. The summed E-state index contributed by atoms with van der Waals surface area (Å²) in [5.74, 6) is 0.779. The molecular formula is C23H37N5O3. The van der Waals surface area contributed by atoms with E-state index in [2.05, 4.69) is 10.4 Å². The molecule has 1 aliphatic rings. The van der Waals surface area contributed by atoms with Crippen molar-refractivity contribution in [2.24, 2.45) is 21.8 Å². The highest BCUT2D eigenvalue weighted by Gasteiger charge is 2.28. The Morgan fingerprint density at radius 1 is 1.23 bits per heavy atom. The van der Waals surface area contributed by atoms with Crippen LogP contribution in [0.1, 0.15) is 63.6 Å².